The summed E-state index contributed by atoms with van der Waals surface area (Å²) in [4.78, 5) is 2.51. The number of hydrogen-bond donors (Lipinski definition) is 1. The zero-order valence-electron chi connectivity index (χ0n) is 10.1. The SMILES string of the molecule is CC1CCCN(CC(N)c2ccccc2)C1. The first kappa shape index (κ1) is 11.6. The molecule has 0 aliphatic carbocycles. The maximum atomic E-state index is 6.23. The maximum absolute atomic E-state index is 6.23. The largest absolute Gasteiger partial charge is 0.323 e. The lowest BCUT2D eigenvalue weighted by atomic mass is 9.99. The van der Waals surface area contributed by atoms with Crippen LogP contribution < -0.4 is 5.73 Å². The zero-order valence-corrected chi connectivity index (χ0v) is 10.1. The van der Waals surface area contributed by atoms with Crippen LogP contribution in [0.15, 0.2) is 30.3 Å². The smallest absolute Gasteiger partial charge is 0.0424 e. The van der Waals surface area contributed by atoms with E-state index >= 15 is 0 Å². The molecule has 0 bridgehead atoms. The Morgan fingerprint density at radius 2 is 2.12 bits per heavy atom. The molecule has 16 heavy (non-hydrogen) atoms. The quantitative estimate of drug-likeness (QED) is 0.844. The second-order valence-electron chi connectivity index (χ2n) is 5.02. The van der Waals surface area contributed by atoms with Crippen LogP contribution in [-0.4, -0.2) is 24.5 Å². The van der Waals surface area contributed by atoms with E-state index in [1.807, 2.05) is 6.07 Å². The van der Waals surface area contributed by atoms with Crippen LogP contribution in [0.2, 0.25) is 0 Å². The molecule has 88 valence electrons. The number of likely N-dealkylation sites (tertiary alicyclic amines) is 1. The van der Waals surface area contributed by atoms with Crippen molar-refractivity contribution < 1.29 is 0 Å². The van der Waals surface area contributed by atoms with Gasteiger partial charge in [-0.1, -0.05) is 37.3 Å². The summed E-state index contributed by atoms with van der Waals surface area (Å²) in [5.74, 6) is 0.830. The number of rotatable bonds is 3. The van der Waals surface area contributed by atoms with Gasteiger partial charge in [0.25, 0.3) is 0 Å². The van der Waals surface area contributed by atoms with Gasteiger partial charge in [-0.15, -0.1) is 0 Å². The molecule has 1 aliphatic rings. The van der Waals surface area contributed by atoms with E-state index in [4.69, 9.17) is 5.73 Å². The molecule has 0 saturated carbocycles. The van der Waals surface area contributed by atoms with Gasteiger partial charge in [0.2, 0.25) is 0 Å². The summed E-state index contributed by atoms with van der Waals surface area (Å²) in [6.07, 6.45) is 2.69. The molecule has 1 aliphatic heterocycles. The summed E-state index contributed by atoms with van der Waals surface area (Å²) in [7, 11) is 0. The molecule has 1 heterocycles. The molecule has 1 fully saturated rings. The molecule has 1 aromatic carbocycles. The van der Waals surface area contributed by atoms with Crippen molar-refractivity contribution in [3.05, 3.63) is 35.9 Å². The molecular formula is C14H22N2. The highest BCUT2D eigenvalue weighted by atomic mass is 15.1. The molecule has 0 spiro atoms. The zero-order chi connectivity index (χ0) is 11.4. The standard InChI is InChI=1S/C14H22N2/c1-12-6-5-9-16(10-12)11-14(15)13-7-3-2-4-8-13/h2-4,7-8,12,14H,5-6,9-11,15H2,1H3. The predicted molar refractivity (Wildman–Crippen MR) is 68.2 cm³/mol. The number of piperidine rings is 1. The fraction of sp³-hybridized carbons (Fsp3) is 0.571. The maximum Gasteiger partial charge on any atom is 0.0424 e. The van der Waals surface area contributed by atoms with Crippen molar-refractivity contribution in [3.63, 3.8) is 0 Å². The minimum absolute atomic E-state index is 0.159. The fourth-order valence-electron chi connectivity index (χ4n) is 2.54. The minimum atomic E-state index is 0.159. The van der Waals surface area contributed by atoms with Crippen LogP contribution >= 0.6 is 0 Å². The van der Waals surface area contributed by atoms with Gasteiger partial charge < -0.3 is 10.6 Å². The lowest BCUT2D eigenvalue weighted by molar-refractivity contribution is 0.175. The highest BCUT2D eigenvalue weighted by molar-refractivity contribution is 5.18. The van der Waals surface area contributed by atoms with E-state index in [2.05, 4.69) is 36.1 Å². The normalized spacial score (nSPS) is 24.2. The fourth-order valence-corrected chi connectivity index (χ4v) is 2.54. The summed E-state index contributed by atoms with van der Waals surface area (Å²) in [5.41, 5.74) is 7.48. The number of hydrogen-bond acceptors (Lipinski definition) is 2. The van der Waals surface area contributed by atoms with Crippen LogP contribution in [0, 0.1) is 5.92 Å². The van der Waals surface area contributed by atoms with E-state index in [0.29, 0.717) is 0 Å². The second-order valence-corrected chi connectivity index (χ2v) is 5.02. The van der Waals surface area contributed by atoms with Crippen molar-refractivity contribution >= 4 is 0 Å². The summed E-state index contributed by atoms with van der Waals surface area (Å²) in [6, 6.07) is 10.6. The Morgan fingerprint density at radius 3 is 2.81 bits per heavy atom. The Labute approximate surface area is 98.4 Å². The number of benzene rings is 1. The van der Waals surface area contributed by atoms with Crippen molar-refractivity contribution in [3.8, 4) is 0 Å². The molecular weight excluding hydrogens is 196 g/mol. The van der Waals surface area contributed by atoms with Gasteiger partial charge in [-0.3, -0.25) is 0 Å². The van der Waals surface area contributed by atoms with Gasteiger partial charge >= 0.3 is 0 Å². The van der Waals surface area contributed by atoms with Gasteiger partial charge in [0, 0.05) is 19.1 Å². The van der Waals surface area contributed by atoms with Crippen LogP contribution in [0.25, 0.3) is 0 Å². The van der Waals surface area contributed by atoms with Gasteiger partial charge in [0.1, 0.15) is 0 Å². The first-order valence-corrected chi connectivity index (χ1v) is 6.28. The van der Waals surface area contributed by atoms with Gasteiger partial charge in [-0.25, -0.2) is 0 Å². The molecule has 2 rings (SSSR count). The van der Waals surface area contributed by atoms with Gasteiger partial charge in [0.05, 0.1) is 0 Å². The Bertz CT molecular complexity index is 310. The van der Waals surface area contributed by atoms with Crippen LogP contribution in [0.3, 0.4) is 0 Å². The second kappa shape index (κ2) is 5.46. The van der Waals surface area contributed by atoms with Crippen LogP contribution in [0.5, 0.6) is 0 Å². The van der Waals surface area contributed by atoms with Crippen molar-refractivity contribution in [1.29, 1.82) is 0 Å². The highest BCUT2D eigenvalue weighted by Crippen LogP contribution is 2.18. The molecule has 0 amide bonds. The van der Waals surface area contributed by atoms with Crippen molar-refractivity contribution in [2.75, 3.05) is 19.6 Å². The average Bonchev–Trinajstić information content (AvgIpc) is 2.30. The third kappa shape index (κ3) is 3.06. The summed E-state index contributed by atoms with van der Waals surface area (Å²) >= 11 is 0. The van der Waals surface area contributed by atoms with Crippen molar-refractivity contribution in [2.45, 2.75) is 25.8 Å². The Morgan fingerprint density at radius 1 is 1.38 bits per heavy atom. The van der Waals surface area contributed by atoms with E-state index in [-0.39, 0.29) is 6.04 Å². The van der Waals surface area contributed by atoms with E-state index in [0.717, 1.165) is 12.5 Å². The topological polar surface area (TPSA) is 29.3 Å². The predicted octanol–water partition coefficient (Wildman–Crippen LogP) is 2.42. The molecule has 2 nitrogen and oxygen atoms in total. The molecule has 2 N–H and O–H groups in total. The molecule has 0 radical (unpaired) electrons. The lowest BCUT2D eigenvalue weighted by Crippen LogP contribution is -2.39. The molecule has 2 unspecified atom stereocenters. The first-order valence-electron chi connectivity index (χ1n) is 6.28. The van der Waals surface area contributed by atoms with Crippen molar-refractivity contribution in [1.82, 2.24) is 4.90 Å². The Hall–Kier alpha value is -0.860. The van der Waals surface area contributed by atoms with Crippen molar-refractivity contribution in [2.24, 2.45) is 11.7 Å². The van der Waals surface area contributed by atoms with E-state index < -0.39 is 0 Å². The highest BCUT2D eigenvalue weighted by Gasteiger charge is 2.18. The Balaban J connectivity index is 1.89. The Kier molecular flexibility index (Phi) is 3.97. The number of nitrogens with two attached hydrogens (primary N) is 1. The van der Waals surface area contributed by atoms with E-state index in [1.165, 1.54) is 31.5 Å². The first-order chi connectivity index (χ1) is 7.75. The summed E-state index contributed by atoms with van der Waals surface area (Å²) < 4.78 is 0. The van der Waals surface area contributed by atoms with E-state index in [1.54, 1.807) is 0 Å². The molecule has 1 saturated heterocycles. The van der Waals surface area contributed by atoms with Gasteiger partial charge in [-0.2, -0.15) is 0 Å². The molecule has 2 atom stereocenters. The third-order valence-corrected chi connectivity index (χ3v) is 3.42. The van der Waals surface area contributed by atoms with Gasteiger partial charge in [-0.05, 0) is 30.9 Å². The molecule has 2 heteroatoms. The monoisotopic (exact) mass is 218 g/mol. The molecule has 1 aromatic rings. The van der Waals surface area contributed by atoms with Gasteiger partial charge in [0.15, 0.2) is 0 Å². The number of nitrogens with zero attached hydrogens (tertiary/aromatic N) is 1. The molecule has 0 aromatic heterocycles. The van der Waals surface area contributed by atoms with E-state index in [9.17, 15) is 0 Å². The summed E-state index contributed by atoms with van der Waals surface area (Å²) in [5, 5.41) is 0. The third-order valence-electron chi connectivity index (χ3n) is 3.42. The van der Waals surface area contributed by atoms with Crippen LogP contribution in [-0.2, 0) is 0 Å². The van der Waals surface area contributed by atoms with Crippen LogP contribution in [0.4, 0.5) is 0 Å². The lowest BCUT2D eigenvalue weighted by Gasteiger charge is -2.32. The average molecular weight is 218 g/mol. The van der Waals surface area contributed by atoms with Crippen LogP contribution in [0.1, 0.15) is 31.4 Å². The minimum Gasteiger partial charge on any atom is -0.323 e. The summed E-state index contributed by atoms with van der Waals surface area (Å²) in [6.45, 7) is 5.75.